The summed E-state index contributed by atoms with van der Waals surface area (Å²) in [4.78, 5) is 38.3. The van der Waals surface area contributed by atoms with Gasteiger partial charge in [-0.2, -0.15) is 0 Å². The fraction of sp³-hybridized carbons (Fsp3) is 0.689. The molecule has 0 saturated carbocycles. The van der Waals surface area contributed by atoms with E-state index in [1.807, 2.05) is 6.08 Å². The lowest BCUT2D eigenvalue weighted by Gasteiger charge is -2.18. The van der Waals surface area contributed by atoms with Gasteiger partial charge in [0.1, 0.15) is 13.2 Å². The molecular formula is C74H124O6. The zero-order valence-corrected chi connectivity index (χ0v) is 52.3. The van der Waals surface area contributed by atoms with Gasteiger partial charge in [0.25, 0.3) is 0 Å². The Morgan fingerprint density at radius 2 is 0.525 bits per heavy atom. The number of hydrogen-bond acceptors (Lipinski definition) is 6. The minimum absolute atomic E-state index is 0.113. The van der Waals surface area contributed by atoms with Gasteiger partial charge in [-0.3, -0.25) is 14.4 Å². The summed E-state index contributed by atoms with van der Waals surface area (Å²) in [5, 5.41) is 0. The minimum atomic E-state index is -0.828. The van der Waals surface area contributed by atoms with Gasteiger partial charge < -0.3 is 14.2 Å². The Morgan fingerprint density at radius 1 is 0.263 bits per heavy atom. The van der Waals surface area contributed by atoms with Crippen LogP contribution in [0.25, 0.3) is 0 Å². The van der Waals surface area contributed by atoms with Crippen LogP contribution in [0.3, 0.4) is 0 Å². The highest BCUT2D eigenvalue weighted by Crippen LogP contribution is 2.16. The summed E-state index contributed by atoms with van der Waals surface area (Å²) in [6.07, 6.45) is 93.8. The maximum absolute atomic E-state index is 12.9. The molecule has 0 spiro atoms. The van der Waals surface area contributed by atoms with Gasteiger partial charge in [-0.05, 0) is 116 Å². The molecule has 6 heteroatoms. The largest absolute Gasteiger partial charge is 0.462 e. The Labute approximate surface area is 494 Å². The number of carbonyl (C=O) groups is 3. The number of carbonyl (C=O) groups excluding carboxylic acids is 3. The second-order valence-electron chi connectivity index (χ2n) is 22.0. The molecule has 0 fully saturated rings. The molecule has 80 heavy (non-hydrogen) atoms. The first-order chi connectivity index (χ1) is 39.5. The monoisotopic (exact) mass is 1110 g/mol. The van der Waals surface area contributed by atoms with Crippen molar-refractivity contribution in [2.45, 2.75) is 316 Å². The van der Waals surface area contributed by atoms with Crippen molar-refractivity contribution in [2.24, 2.45) is 0 Å². The number of hydrogen-bond donors (Lipinski definition) is 0. The van der Waals surface area contributed by atoms with Crippen LogP contribution in [0, 0.1) is 0 Å². The van der Waals surface area contributed by atoms with Gasteiger partial charge in [-0.25, -0.2) is 0 Å². The van der Waals surface area contributed by atoms with Crippen molar-refractivity contribution < 1.29 is 28.6 Å². The summed E-state index contributed by atoms with van der Waals surface area (Å²) in [5.41, 5.74) is 0. The lowest BCUT2D eigenvalue weighted by molar-refractivity contribution is -0.166. The van der Waals surface area contributed by atoms with Crippen molar-refractivity contribution in [1.29, 1.82) is 0 Å². The summed E-state index contributed by atoms with van der Waals surface area (Å²) in [5.74, 6) is -1.01. The molecule has 1 unspecified atom stereocenters. The molecule has 0 aliphatic heterocycles. The van der Waals surface area contributed by atoms with Crippen LogP contribution in [-0.2, 0) is 28.6 Å². The summed E-state index contributed by atoms with van der Waals surface area (Å²) >= 11 is 0. The second kappa shape index (κ2) is 67.3. The van der Waals surface area contributed by atoms with Crippen molar-refractivity contribution in [3.05, 3.63) is 122 Å². The standard InChI is InChI=1S/C74H124O6/c1-4-7-10-13-16-19-22-25-28-30-32-33-34-35-36-37-38-39-40-41-43-44-46-49-52-55-58-61-64-67-73(76)79-70-71(69-78-72(75)66-63-60-57-54-51-48-27-24-21-18-15-12-9-6-3)80-74(77)68-65-62-59-56-53-50-47-45-42-31-29-26-23-20-17-14-11-8-5-2/h8,11,15,17-18,20,22,24-27,29-30,32,42,45,50,53,59,62,71H,4-7,9-10,12-14,16,19,21,23,28,31,33-41,43-44,46-49,51-52,54-58,60-61,63-70H2,1-3H3/b11-8-,18-15-,20-17-,25-22-,27-24-,29-26-,32-30-,45-42-,53-50-,62-59-. The molecule has 0 aromatic rings. The SMILES string of the molecule is CC/C=C\C/C=C\C/C=C\C/C=C\C/C=C\C/C=C\CCC(=O)OC(COC(=O)CCCCCCC/C=C\C/C=C\CCCC)COC(=O)CCCCCCCCCCCCCCCCCCC/C=C\C/C=C\CCCCCCC. The molecule has 0 heterocycles. The maximum Gasteiger partial charge on any atom is 0.306 e. The zero-order chi connectivity index (χ0) is 57.8. The minimum Gasteiger partial charge on any atom is -0.462 e. The molecule has 0 aromatic heterocycles. The fourth-order valence-electron chi connectivity index (χ4n) is 9.16. The quantitative estimate of drug-likeness (QED) is 0.0261. The molecule has 0 amide bonds. The molecule has 0 aromatic carbocycles. The molecule has 456 valence electrons. The van der Waals surface area contributed by atoms with E-state index in [9.17, 15) is 14.4 Å². The lowest BCUT2D eigenvalue weighted by Crippen LogP contribution is -2.30. The van der Waals surface area contributed by atoms with Crippen LogP contribution in [0.5, 0.6) is 0 Å². The van der Waals surface area contributed by atoms with Gasteiger partial charge in [0.2, 0.25) is 0 Å². The highest BCUT2D eigenvalue weighted by molar-refractivity contribution is 5.71. The summed E-state index contributed by atoms with van der Waals surface area (Å²) in [6.45, 7) is 6.42. The summed E-state index contributed by atoms with van der Waals surface area (Å²) < 4.78 is 16.8. The van der Waals surface area contributed by atoms with E-state index in [2.05, 4.69) is 136 Å². The van der Waals surface area contributed by atoms with Crippen molar-refractivity contribution in [3.8, 4) is 0 Å². The molecule has 6 nitrogen and oxygen atoms in total. The van der Waals surface area contributed by atoms with Gasteiger partial charge >= 0.3 is 17.9 Å². The number of unbranched alkanes of at least 4 members (excludes halogenated alkanes) is 29. The Kier molecular flexibility index (Phi) is 63.8. The highest BCUT2D eigenvalue weighted by atomic mass is 16.6. The number of allylic oxidation sites excluding steroid dienone is 20. The molecule has 0 radical (unpaired) electrons. The van der Waals surface area contributed by atoms with Gasteiger partial charge in [0, 0.05) is 19.3 Å². The van der Waals surface area contributed by atoms with Crippen LogP contribution >= 0.6 is 0 Å². The van der Waals surface area contributed by atoms with E-state index in [0.29, 0.717) is 19.3 Å². The third kappa shape index (κ3) is 64.6. The van der Waals surface area contributed by atoms with Gasteiger partial charge in [0.05, 0.1) is 0 Å². The van der Waals surface area contributed by atoms with Gasteiger partial charge in [0.15, 0.2) is 6.10 Å². The normalized spacial score (nSPS) is 12.9. The van der Waals surface area contributed by atoms with Crippen LogP contribution in [0.2, 0.25) is 0 Å². The average molecular weight is 1110 g/mol. The van der Waals surface area contributed by atoms with E-state index in [1.54, 1.807) is 0 Å². The Morgan fingerprint density at radius 3 is 0.850 bits per heavy atom. The van der Waals surface area contributed by atoms with Crippen LogP contribution in [0.1, 0.15) is 310 Å². The first kappa shape index (κ1) is 75.8. The fourth-order valence-corrected chi connectivity index (χ4v) is 9.16. The van der Waals surface area contributed by atoms with E-state index in [1.165, 1.54) is 154 Å². The molecule has 1 atom stereocenters. The molecule has 0 rings (SSSR count). The Balaban J connectivity index is 4.35. The predicted molar refractivity (Wildman–Crippen MR) is 348 cm³/mol. The lowest BCUT2D eigenvalue weighted by atomic mass is 10.0. The maximum atomic E-state index is 12.9. The Hall–Kier alpha value is -4.19. The predicted octanol–water partition coefficient (Wildman–Crippen LogP) is 23.2. The van der Waals surface area contributed by atoms with Crippen molar-refractivity contribution in [1.82, 2.24) is 0 Å². The van der Waals surface area contributed by atoms with Crippen molar-refractivity contribution >= 4 is 17.9 Å². The van der Waals surface area contributed by atoms with Gasteiger partial charge in [-0.15, -0.1) is 0 Å². The number of rotatable bonds is 60. The summed E-state index contributed by atoms with van der Waals surface area (Å²) in [6, 6.07) is 0. The number of ether oxygens (including phenoxy) is 3. The first-order valence-corrected chi connectivity index (χ1v) is 33.5. The van der Waals surface area contributed by atoms with E-state index in [0.717, 1.165) is 109 Å². The van der Waals surface area contributed by atoms with E-state index in [-0.39, 0.29) is 31.6 Å². The van der Waals surface area contributed by atoms with Crippen molar-refractivity contribution in [3.63, 3.8) is 0 Å². The Bertz CT molecular complexity index is 1650. The van der Waals surface area contributed by atoms with Crippen LogP contribution in [-0.4, -0.2) is 37.2 Å². The average Bonchev–Trinajstić information content (AvgIpc) is 3.46. The van der Waals surface area contributed by atoms with Crippen molar-refractivity contribution in [2.75, 3.05) is 13.2 Å². The molecule has 0 aliphatic rings. The third-order valence-corrected chi connectivity index (χ3v) is 14.2. The van der Waals surface area contributed by atoms with Gasteiger partial charge in [-0.1, -0.05) is 296 Å². The topological polar surface area (TPSA) is 78.9 Å². The van der Waals surface area contributed by atoms with Crippen LogP contribution < -0.4 is 0 Å². The number of esters is 3. The molecule has 0 bridgehead atoms. The zero-order valence-electron chi connectivity index (χ0n) is 52.3. The molecular weight excluding hydrogens is 985 g/mol. The molecule has 0 aliphatic carbocycles. The van der Waals surface area contributed by atoms with E-state index in [4.69, 9.17) is 14.2 Å². The molecule has 0 N–H and O–H groups in total. The first-order valence-electron chi connectivity index (χ1n) is 33.5. The van der Waals surface area contributed by atoms with E-state index >= 15 is 0 Å². The highest BCUT2D eigenvalue weighted by Gasteiger charge is 2.19. The summed E-state index contributed by atoms with van der Waals surface area (Å²) in [7, 11) is 0. The molecule has 0 saturated heterocycles. The van der Waals surface area contributed by atoms with Crippen LogP contribution in [0.15, 0.2) is 122 Å². The second-order valence-corrected chi connectivity index (χ2v) is 22.0. The van der Waals surface area contributed by atoms with Crippen LogP contribution in [0.4, 0.5) is 0 Å². The smallest absolute Gasteiger partial charge is 0.306 e. The van der Waals surface area contributed by atoms with E-state index < -0.39 is 12.1 Å². The third-order valence-electron chi connectivity index (χ3n) is 14.2.